The van der Waals surface area contributed by atoms with Crippen molar-refractivity contribution < 1.29 is 4.74 Å². The average molecular weight is 334 g/mol. The molecule has 0 aliphatic carbocycles. The van der Waals surface area contributed by atoms with Gasteiger partial charge in [0.15, 0.2) is 0 Å². The van der Waals surface area contributed by atoms with E-state index in [9.17, 15) is 0 Å². The third-order valence-electron chi connectivity index (χ3n) is 3.38. The lowest BCUT2D eigenvalue weighted by atomic mass is 9.92. The fraction of sp³-hybridized carbons (Fsp3) is 0.333. The van der Waals surface area contributed by atoms with E-state index in [2.05, 4.69) is 44.2 Å². The van der Waals surface area contributed by atoms with Crippen molar-refractivity contribution in [3.63, 3.8) is 0 Å². The quantitative estimate of drug-likeness (QED) is 0.932. The average Bonchev–Trinajstić information content (AvgIpc) is 2.49. The number of benzene rings is 1. The van der Waals surface area contributed by atoms with Gasteiger partial charge in [-0.25, -0.2) is 9.97 Å². The number of aromatic nitrogens is 2. The molecule has 1 aromatic carbocycles. The van der Waals surface area contributed by atoms with Gasteiger partial charge >= 0.3 is 0 Å². The molecule has 20 heavy (non-hydrogen) atoms. The van der Waals surface area contributed by atoms with Crippen LogP contribution in [0.25, 0.3) is 0 Å². The lowest BCUT2D eigenvalue weighted by Crippen LogP contribution is -2.17. The molecule has 1 aliphatic rings. The zero-order valence-electron chi connectivity index (χ0n) is 11.3. The highest BCUT2D eigenvalue weighted by Gasteiger charge is 2.25. The second kappa shape index (κ2) is 5.79. The Balaban J connectivity index is 2.00. The zero-order chi connectivity index (χ0) is 13.9. The van der Waals surface area contributed by atoms with Crippen LogP contribution >= 0.6 is 15.9 Å². The SMILES string of the molecule is CCNc1nc(C2CCOc3ccccc32)ncc1Br. The van der Waals surface area contributed by atoms with Crippen LogP contribution in [0, 0.1) is 0 Å². The van der Waals surface area contributed by atoms with Crippen LogP contribution in [0.1, 0.15) is 30.7 Å². The first-order chi connectivity index (χ1) is 9.79. The van der Waals surface area contributed by atoms with Gasteiger partial charge in [-0.2, -0.15) is 0 Å². The summed E-state index contributed by atoms with van der Waals surface area (Å²) in [6.07, 6.45) is 2.72. The molecule has 2 heterocycles. The highest BCUT2D eigenvalue weighted by atomic mass is 79.9. The molecule has 0 spiro atoms. The summed E-state index contributed by atoms with van der Waals surface area (Å²) in [4.78, 5) is 9.15. The van der Waals surface area contributed by atoms with Crippen LogP contribution in [0.4, 0.5) is 5.82 Å². The molecular weight excluding hydrogens is 318 g/mol. The molecule has 0 fully saturated rings. The number of para-hydroxylation sites is 1. The van der Waals surface area contributed by atoms with E-state index in [1.165, 1.54) is 5.56 Å². The highest BCUT2D eigenvalue weighted by molar-refractivity contribution is 9.10. The van der Waals surface area contributed by atoms with Gasteiger partial charge in [0.25, 0.3) is 0 Å². The normalized spacial score (nSPS) is 17.2. The van der Waals surface area contributed by atoms with E-state index in [-0.39, 0.29) is 5.92 Å². The van der Waals surface area contributed by atoms with Crippen molar-refractivity contribution in [2.24, 2.45) is 0 Å². The number of nitrogens with zero attached hydrogens (tertiary/aromatic N) is 2. The molecule has 1 atom stereocenters. The van der Waals surface area contributed by atoms with E-state index in [1.807, 2.05) is 24.4 Å². The summed E-state index contributed by atoms with van der Waals surface area (Å²) in [5.74, 6) is 2.84. The molecule has 1 aliphatic heterocycles. The first-order valence-corrected chi connectivity index (χ1v) is 7.57. The summed E-state index contributed by atoms with van der Waals surface area (Å²) >= 11 is 3.47. The van der Waals surface area contributed by atoms with Crippen LogP contribution in [-0.4, -0.2) is 23.1 Å². The van der Waals surface area contributed by atoms with Gasteiger partial charge in [0.2, 0.25) is 0 Å². The second-order valence-electron chi connectivity index (χ2n) is 4.68. The number of halogens is 1. The summed E-state index contributed by atoms with van der Waals surface area (Å²) in [5.41, 5.74) is 1.17. The van der Waals surface area contributed by atoms with E-state index in [0.29, 0.717) is 6.61 Å². The maximum atomic E-state index is 5.70. The number of rotatable bonds is 3. The van der Waals surface area contributed by atoms with E-state index < -0.39 is 0 Å². The van der Waals surface area contributed by atoms with Crippen LogP contribution in [0.3, 0.4) is 0 Å². The maximum absolute atomic E-state index is 5.70. The van der Waals surface area contributed by atoms with Gasteiger partial charge in [0.1, 0.15) is 17.4 Å². The van der Waals surface area contributed by atoms with Crippen molar-refractivity contribution in [3.8, 4) is 5.75 Å². The summed E-state index contributed by atoms with van der Waals surface area (Å²) in [5, 5.41) is 3.25. The third kappa shape index (κ3) is 2.50. The predicted octanol–water partition coefficient (Wildman–Crippen LogP) is 3.59. The Morgan fingerprint density at radius 2 is 2.25 bits per heavy atom. The van der Waals surface area contributed by atoms with Gasteiger partial charge < -0.3 is 10.1 Å². The van der Waals surface area contributed by atoms with Crippen molar-refractivity contribution in [3.05, 3.63) is 46.3 Å². The second-order valence-corrected chi connectivity index (χ2v) is 5.54. The first-order valence-electron chi connectivity index (χ1n) is 6.77. The van der Waals surface area contributed by atoms with E-state index in [4.69, 9.17) is 4.74 Å². The topological polar surface area (TPSA) is 47.0 Å². The number of nitrogens with one attached hydrogen (secondary N) is 1. The Hall–Kier alpha value is -1.62. The Morgan fingerprint density at radius 1 is 1.40 bits per heavy atom. The molecule has 0 saturated heterocycles. The molecule has 2 aromatic rings. The summed E-state index contributed by atoms with van der Waals surface area (Å²) in [7, 11) is 0. The van der Waals surface area contributed by atoms with Gasteiger partial charge in [-0.1, -0.05) is 18.2 Å². The Bertz CT molecular complexity index is 618. The summed E-state index contributed by atoms with van der Waals surface area (Å²) < 4.78 is 6.59. The van der Waals surface area contributed by atoms with Crippen molar-refractivity contribution >= 4 is 21.7 Å². The van der Waals surface area contributed by atoms with E-state index in [0.717, 1.165) is 34.8 Å². The van der Waals surface area contributed by atoms with Crippen molar-refractivity contribution in [1.29, 1.82) is 0 Å². The molecule has 3 rings (SSSR count). The summed E-state index contributed by atoms with van der Waals surface area (Å²) in [6.45, 7) is 3.59. The Kier molecular flexibility index (Phi) is 3.87. The van der Waals surface area contributed by atoms with Crippen LogP contribution < -0.4 is 10.1 Å². The van der Waals surface area contributed by atoms with Crippen LogP contribution in [-0.2, 0) is 0 Å². The molecule has 1 aromatic heterocycles. The standard InChI is InChI=1S/C15H16BrN3O/c1-2-17-15-12(16)9-18-14(19-15)11-7-8-20-13-6-4-3-5-10(11)13/h3-6,9,11H,2,7-8H2,1H3,(H,17,18,19). The molecule has 0 bridgehead atoms. The van der Waals surface area contributed by atoms with Crippen LogP contribution in [0.15, 0.2) is 34.9 Å². The van der Waals surface area contributed by atoms with E-state index >= 15 is 0 Å². The largest absolute Gasteiger partial charge is 0.493 e. The van der Waals surface area contributed by atoms with Gasteiger partial charge in [-0.15, -0.1) is 0 Å². The number of anilines is 1. The minimum Gasteiger partial charge on any atom is -0.493 e. The van der Waals surface area contributed by atoms with Crippen molar-refractivity contribution in [2.45, 2.75) is 19.3 Å². The van der Waals surface area contributed by atoms with Gasteiger partial charge in [0, 0.05) is 18.3 Å². The molecule has 0 saturated carbocycles. The highest BCUT2D eigenvalue weighted by Crippen LogP contribution is 2.37. The first kappa shape index (κ1) is 13.4. The molecule has 0 amide bonds. The molecule has 5 heteroatoms. The lowest BCUT2D eigenvalue weighted by Gasteiger charge is -2.25. The molecular formula is C15H16BrN3O. The monoisotopic (exact) mass is 333 g/mol. The molecule has 0 radical (unpaired) electrons. The molecule has 1 unspecified atom stereocenters. The fourth-order valence-electron chi connectivity index (χ4n) is 2.45. The predicted molar refractivity (Wildman–Crippen MR) is 82.3 cm³/mol. The minimum absolute atomic E-state index is 0.199. The van der Waals surface area contributed by atoms with Crippen LogP contribution in [0.2, 0.25) is 0 Å². The van der Waals surface area contributed by atoms with E-state index in [1.54, 1.807) is 0 Å². The number of hydrogen-bond donors (Lipinski definition) is 1. The molecule has 104 valence electrons. The number of hydrogen-bond acceptors (Lipinski definition) is 4. The zero-order valence-corrected chi connectivity index (χ0v) is 12.9. The maximum Gasteiger partial charge on any atom is 0.144 e. The fourth-order valence-corrected chi connectivity index (χ4v) is 2.78. The smallest absolute Gasteiger partial charge is 0.144 e. The summed E-state index contributed by atoms with van der Waals surface area (Å²) in [6, 6.07) is 8.13. The van der Waals surface area contributed by atoms with Gasteiger partial charge in [0.05, 0.1) is 17.0 Å². The van der Waals surface area contributed by atoms with Crippen molar-refractivity contribution in [1.82, 2.24) is 9.97 Å². The van der Waals surface area contributed by atoms with Crippen molar-refractivity contribution in [2.75, 3.05) is 18.5 Å². The van der Waals surface area contributed by atoms with Gasteiger partial charge in [-0.3, -0.25) is 0 Å². The molecule has 1 N–H and O–H groups in total. The van der Waals surface area contributed by atoms with Gasteiger partial charge in [-0.05, 0) is 35.3 Å². The minimum atomic E-state index is 0.199. The van der Waals surface area contributed by atoms with Crippen LogP contribution in [0.5, 0.6) is 5.75 Å². The number of ether oxygens (including phenoxy) is 1. The Morgan fingerprint density at radius 3 is 3.10 bits per heavy atom. The number of fused-ring (bicyclic) bond motifs is 1. The Labute approximate surface area is 126 Å². The molecule has 4 nitrogen and oxygen atoms in total. The third-order valence-corrected chi connectivity index (χ3v) is 3.96. The lowest BCUT2D eigenvalue weighted by molar-refractivity contribution is 0.274.